The van der Waals surface area contributed by atoms with Crippen molar-refractivity contribution < 1.29 is 0 Å². The van der Waals surface area contributed by atoms with Crippen LogP contribution in [-0.4, -0.2) is 17.7 Å². The molecule has 0 spiro atoms. The minimum Gasteiger partial charge on any atom is -0.362 e. The smallest absolute Gasteiger partial charge is 0.166 e. The second kappa shape index (κ2) is 4.80. The van der Waals surface area contributed by atoms with Crippen molar-refractivity contribution in [1.29, 1.82) is 0 Å². The Labute approximate surface area is 86.5 Å². The first kappa shape index (κ1) is 10.8. The van der Waals surface area contributed by atoms with Crippen LogP contribution in [0.5, 0.6) is 0 Å². The van der Waals surface area contributed by atoms with Gasteiger partial charge in [0.1, 0.15) is 0 Å². The lowest BCUT2D eigenvalue weighted by Gasteiger charge is -2.35. The number of rotatable bonds is 3. The van der Waals surface area contributed by atoms with Gasteiger partial charge in [0.25, 0.3) is 0 Å². The Balaban J connectivity index is 2.10. The minimum absolute atomic E-state index is 0.618. The number of nitrogens with one attached hydrogen (secondary N) is 2. The molecule has 1 fully saturated rings. The summed E-state index contributed by atoms with van der Waals surface area (Å²) in [5.41, 5.74) is 0. The largest absolute Gasteiger partial charge is 0.362 e. The summed E-state index contributed by atoms with van der Waals surface area (Å²) >= 11 is 5.18. The van der Waals surface area contributed by atoms with Gasteiger partial charge >= 0.3 is 0 Å². The molecule has 76 valence electrons. The predicted molar refractivity (Wildman–Crippen MR) is 60.8 cm³/mol. The third-order valence-electron chi connectivity index (χ3n) is 2.61. The zero-order chi connectivity index (χ0) is 9.84. The van der Waals surface area contributed by atoms with E-state index >= 15 is 0 Å². The van der Waals surface area contributed by atoms with E-state index in [9.17, 15) is 0 Å². The van der Waals surface area contributed by atoms with E-state index in [0.29, 0.717) is 12.0 Å². The molecule has 2 atom stereocenters. The van der Waals surface area contributed by atoms with Gasteiger partial charge in [-0.2, -0.15) is 0 Å². The van der Waals surface area contributed by atoms with Crippen molar-refractivity contribution in [2.75, 3.05) is 6.54 Å². The molecular weight excluding hydrogens is 180 g/mol. The van der Waals surface area contributed by atoms with Crippen LogP contribution in [0.15, 0.2) is 0 Å². The Morgan fingerprint density at radius 1 is 1.46 bits per heavy atom. The van der Waals surface area contributed by atoms with Crippen LogP contribution >= 0.6 is 12.2 Å². The van der Waals surface area contributed by atoms with Crippen LogP contribution in [0.1, 0.15) is 33.6 Å². The SMILES string of the molecule is CC(C)CNC(=S)NC1CCC1C. The number of hydrogen-bond donors (Lipinski definition) is 2. The van der Waals surface area contributed by atoms with E-state index in [0.717, 1.165) is 17.6 Å². The second-order valence-electron chi connectivity index (χ2n) is 4.41. The Morgan fingerprint density at radius 3 is 2.54 bits per heavy atom. The molecule has 0 aliphatic heterocycles. The van der Waals surface area contributed by atoms with Gasteiger partial charge in [-0.05, 0) is 36.9 Å². The highest BCUT2D eigenvalue weighted by atomic mass is 32.1. The Morgan fingerprint density at radius 2 is 2.15 bits per heavy atom. The van der Waals surface area contributed by atoms with E-state index in [2.05, 4.69) is 31.4 Å². The van der Waals surface area contributed by atoms with Crippen molar-refractivity contribution in [3.05, 3.63) is 0 Å². The standard InChI is InChI=1S/C10H20N2S/c1-7(2)6-11-10(13)12-9-5-4-8(9)3/h7-9H,4-6H2,1-3H3,(H2,11,12,13). The van der Waals surface area contributed by atoms with Crippen LogP contribution in [0, 0.1) is 11.8 Å². The first-order valence-electron chi connectivity index (χ1n) is 5.14. The van der Waals surface area contributed by atoms with Crippen LogP contribution in [0.2, 0.25) is 0 Å². The zero-order valence-electron chi connectivity index (χ0n) is 8.76. The molecule has 0 radical (unpaired) electrons. The zero-order valence-corrected chi connectivity index (χ0v) is 9.58. The molecule has 13 heavy (non-hydrogen) atoms. The Kier molecular flexibility index (Phi) is 3.97. The van der Waals surface area contributed by atoms with Crippen LogP contribution in [0.3, 0.4) is 0 Å². The van der Waals surface area contributed by atoms with Crippen molar-refractivity contribution in [3.8, 4) is 0 Å². The summed E-state index contributed by atoms with van der Waals surface area (Å²) in [6.45, 7) is 7.60. The molecule has 2 N–H and O–H groups in total. The highest BCUT2D eigenvalue weighted by Gasteiger charge is 2.26. The highest BCUT2D eigenvalue weighted by molar-refractivity contribution is 7.80. The molecule has 1 rings (SSSR count). The van der Waals surface area contributed by atoms with E-state index in [-0.39, 0.29) is 0 Å². The molecule has 1 aliphatic carbocycles. The fourth-order valence-electron chi connectivity index (χ4n) is 1.40. The molecule has 0 aromatic rings. The topological polar surface area (TPSA) is 24.1 Å². The lowest BCUT2D eigenvalue weighted by atomic mass is 9.81. The molecule has 3 heteroatoms. The first-order valence-corrected chi connectivity index (χ1v) is 5.54. The molecule has 0 aromatic heterocycles. The molecule has 0 aromatic carbocycles. The van der Waals surface area contributed by atoms with Crippen LogP contribution in [0.25, 0.3) is 0 Å². The van der Waals surface area contributed by atoms with Gasteiger partial charge in [0.05, 0.1) is 0 Å². The molecular formula is C10H20N2S. The van der Waals surface area contributed by atoms with Crippen molar-refractivity contribution in [2.24, 2.45) is 11.8 Å². The average Bonchev–Trinajstić information content (AvgIpc) is 2.08. The molecule has 2 nitrogen and oxygen atoms in total. The molecule has 2 unspecified atom stereocenters. The molecule has 1 aliphatic rings. The van der Waals surface area contributed by atoms with E-state index in [1.54, 1.807) is 0 Å². The quantitative estimate of drug-likeness (QED) is 0.681. The monoisotopic (exact) mass is 200 g/mol. The van der Waals surface area contributed by atoms with Crippen molar-refractivity contribution in [3.63, 3.8) is 0 Å². The van der Waals surface area contributed by atoms with Crippen LogP contribution in [0.4, 0.5) is 0 Å². The maximum atomic E-state index is 5.18. The fourth-order valence-corrected chi connectivity index (χ4v) is 1.63. The summed E-state index contributed by atoms with van der Waals surface area (Å²) < 4.78 is 0. The van der Waals surface area contributed by atoms with Gasteiger partial charge in [0.2, 0.25) is 0 Å². The third kappa shape index (κ3) is 3.51. The van der Waals surface area contributed by atoms with Gasteiger partial charge in [0.15, 0.2) is 5.11 Å². The lowest BCUT2D eigenvalue weighted by Crippen LogP contribution is -2.49. The van der Waals surface area contributed by atoms with Crippen molar-refractivity contribution >= 4 is 17.3 Å². The third-order valence-corrected chi connectivity index (χ3v) is 2.87. The second-order valence-corrected chi connectivity index (χ2v) is 4.82. The summed E-state index contributed by atoms with van der Waals surface area (Å²) in [7, 11) is 0. The number of hydrogen-bond acceptors (Lipinski definition) is 1. The molecule has 1 saturated carbocycles. The van der Waals surface area contributed by atoms with Gasteiger partial charge < -0.3 is 10.6 Å². The van der Waals surface area contributed by atoms with E-state index in [1.807, 2.05) is 0 Å². The summed E-state index contributed by atoms with van der Waals surface area (Å²) in [5.74, 6) is 1.44. The fraction of sp³-hybridized carbons (Fsp3) is 0.900. The van der Waals surface area contributed by atoms with Crippen molar-refractivity contribution in [1.82, 2.24) is 10.6 Å². The van der Waals surface area contributed by atoms with Gasteiger partial charge in [-0.3, -0.25) is 0 Å². The Hall–Kier alpha value is -0.310. The normalized spacial score (nSPS) is 26.8. The summed E-state index contributed by atoms with van der Waals surface area (Å²) in [6.07, 6.45) is 2.61. The number of thiocarbonyl (C=S) groups is 1. The summed E-state index contributed by atoms with van der Waals surface area (Å²) in [6, 6.07) is 0.618. The lowest BCUT2D eigenvalue weighted by molar-refractivity contribution is 0.257. The van der Waals surface area contributed by atoms with Gasteiger partial charge in [-0.25, -0.2) is 0 Å². The maximum absolute atomic E-state index is 5.18. The van der Waals surface area contributed by atoms with Gasteiger partial charge in [-0.1, -0.05) is 20.8 Å². The summed E-state index contributed by atoms with van der Waals surface area (Å²) in [5, 5.41) is 7.39. The van der Waals surface area contributed by atoms with E-state index in [4.69, 9.17) is 12.2 Å². The summed E-state index contributed by atoms with van der Waals surface area (Å²) in [4.78, 5) is 0. The maximum Gasteiger partial charge on any atom is 0.166 e. The average molecular weight is 200 g/mol. The molecule has 0 amide bonds. The molecule has 0 bridgehead atoms. The first-order chi connectivity index (χ1) is 6.09. The van der Waals surface area contributed by atoms with E-state index in [1.165, 1.54) is 12.8 Å². The van der Waals surface area contributed by atoms with Crippen LogP contribution < -0.4 is 10.6 Å². The predicted octanol–water partition coefficient (Wildman–Crippen LogP) is 1.91. The van der Waals surface area contributed by atoms with Gasteiger partial charge in [-0.15, -0.1) is 0 Å². The van der Waals surface area contributed by atoms with Crippen molar-refractivity contribution in [2.45, 2.75) is 39.7 Å². The molecule has 0 saturated heterocycles. The molecule has 0 heterocycles. The van der Waals surface area contributed by atoms with E-state index < -0.39 is 0 Å². The Bertz CT molecular complexity index is 180. The minimum atomic E-state index is 0.618. The highest BCUT2D eigenvalue weighted by Crippen LogP contribution is 2.26. The van der Waals surface area contributed by atoms with Gasteiger partial charge in [0, 0.05) is 12.6 Å². The van der Waals surface area contributed by atoms with Crippen LogP contribution in [-0.2, 0) is 0 Å².